The number of hydrogen-bond donors (Lipinski definition) is 1. The number of nitrogens with one attached hydrogen (secondary N) is 1. The van der Waals surface area contributed by atoms with Crippen LogP contribution in [0.5, 0.6) is 0 Å². The van der Waals surface area contributed by atoms with Crippen LogP contribution in [0, 0.1) is 11.3 Å². The maximum atomic E-state index is 12.3. The van der Waals surface area contributed by atoms with Crippen molar-refractivity contribution in [3.05, 3.63) is 0 Å². The van der Waals surface area contributed by atoms with Crippen LogP contribution in [-0.4, -0.2) is 37.9 Å². The van der Waals surface area contributed by atoms with E-state index in [-0.39, 0.29) is 5.97 Å². The van der Waals surface area contributed by atoms with Crippen molar-refractivity contribution < 1.29 is 14.3 Å². The van der Waals surface area contributed by atoms with Crippen molar-refractivity contribution >= 4 is 5.97 Å². The summed E-state index contributed by atoms with van der Waals surface area (Å²) in [6, 6.07) is 0. The fourth-order valence-electron chi connectivity index (χ4n) is 2.51. The van der Waals surface area contributed by atoms with Crippen LogP contribution in [0.4, 0.5) is 0 Å². The maximum Gasteiger partial charge on any atom is 0.316 e. The Morgan fingerprint density at radius 2 is 2.25 bits per heavy atom. The Morgan fingerprint density at radius 1 is 1.50 bits per heavy atom. The summed E-state index contributed by atoms with van der Waals surface area (Å²) in [5, 5.41) is 3.29. The zero-order chi connectivity index (χ0) is 11.8. The standard InChI is InChI=1S/C12H21NO3/c1-11(2,3)16-10(14)12-7-13-6-9(12)4-5-15-8-12/h9,13H,4-8H2,1-3H3/t9-,12+/m1/s1. The highest BCUT2D eigenvalue weighted by molar-refractivity contribution is 5.79. The first-order valence-corrected chi connectivity index (χ1v) is 5.96. The maximum absolute atomic E-state index is 12.3. The van der Waals surface area contributed by atoms with Crippen molar-refractivity contribution in [2.75, 3.05) is 26.3 Å². The van der Waals surface area contributed by atoms with Gasteiger partial charge in [-0.3, -0.25) is 4.79 Å². The Kier molecular flexibility index (Phi) is 2.97. The number of carbonyl (C=O) groups is 1. The summed E-state index contributed by atoms with van der Waals surface area (Å²) >= 11 is 0. The largest absolute Gasteiger partial charge is 0.459 e. The van der Waals surface area contributed by atoms with Gasteiger partial charge >= 0.3 is 5.97 Å². The highest BCUT2D eigenvalue weighted by Gasteiger charge is 2.52. The van der Waals surface area contributed by atoms with Crippen molar-refractivity contribution in [3.8, 4) is 0 Å². The fourth-order valence-corrected chi connectivity index (χ4v) is 2.51. The van der Waals surface area contributed by atoms with Crippen LogP contribution in [0.3, 0.4) is 0 Å². The molecular formula is C12H21NO3. The molecule has 16 heavy (non-hydrogen) atoms. The van der Waals surface area contributed by atoms with Crippen LogP contribution >= 0.6 is 0 Å². The van der Waals surface area contributed by atoms with Crippen LogP contribution in [0.15, 0.2) is 0 Å². The van der Waals surface area contributed by atoms with Gasteiger partial charge in [-0.25, -0.2) is 0 Å². The summed E-state index contributed by atoms with van der Waals surface area (Å²) in [6.07, 6.45) is 0.951. The summed E-state index contributed by atoms with van der Waals surface area (Å²) in [4.78, 5) is 12.3. The van der Waals surface area contributed by atoms with Gasteiger partial charge in [0.1, 0.15) is 11.0 Å². The molecule has 0 aliphatic carbocycles. The molecule has 1 N–H and O–H groups in total. The Balaban J connectivity index is 2.13. The number of carbonyl (C=O) groups excluding carboxylic acids is 1. The summed E-state index contributed by atoms with van der Waals surface area (Å²) in [7, 11) is 0. The molecule has 4 heteroatoms. The van der Waals surface area contributed by atoms with Crippen LogP contribution in [0.1, 0.15) is 27.2 Å². The molecule has 2 aliphatic rings. The third-order valence-corrected chi connectivity index (χ3v) is 3.39. The van der Waals surface area contributed by atoms with Gasteiger partial charge in [-0.05, 0) is 39.7 Å². The van der Waals surface area contributed by atoms with Crippen molar-refractivity contribution in [2.45, 2.75) is 32.8 Å². The minimum absolute atomic E-state index is 0.102. The van der Waals surface area contributed by atoms with Crippen molar-refractivity contribution in [2.24, 2.45) is 11.3 Å². The number of esters is 1. The number of ether oxygens (including phenoxy) is 2. The summed E-state index contributed by atoms with van der Waals surface area (Å²) < 4.78 is 11.0. The van der Waals surface area contributed by atoms with Gasteiger partial charge in [-0.1, -0.05) is 0 Å². The number of hydrogen-bond acceptors (Lipinski definition) is 4. The highest BCUT2D eigenvalue weighted by atomic mass is 16.6. The first-order valence-electron chi connectivity index (χ1n) is 5.96. The Hall–Kier alpha value is -0.610. The van der Waals surface area contributed by atoms with Crippen molar-refractivity contribution in [3.63, 3.8) is 0 Å². The lowest BCUT2D eigenvalue weighted by Crippen LogP contribution is -2.49. The molecule has 0 aromatic heterocycles. The van der Waals surface area contributed by atoms with Crippen LogP contribution in [0.25, 0.3) is 0 Å². The average molecular weight is 227 g/mol. The van der Waals surface area contributed by atoms with Crippen LogP contribution < -0.4 is 5.32 Å². The minimum Gasteiger partial charge on any atom is -0.459 e. The van der Waals surface area contributed by atoms with Crippen molar-refractivity contribution in [1.82, 2.24) is 5.32 Å². The predicted octanol–water partition coefficient (Wildman–Crippen LogP) is 0.954. The van der Waals surface area contributed by atoms with Crippen LogP contribution in [-0.2, 0) is 14.3 Å². The molecule has 4 nitrogen and oxygen atoms in total. The smallest absolute Gasteiger partial charge is 0.316 e. The minimum atomic E-state index is -0.439. The molecule has 2 aliphatic heterocycles. The van der Waals surface area contributed by atoms with E-state index in [4.69, 9.17) is 9.47 Å². The number of rotatable bonds is 1. The molecule has 0 amide bonds. The topological polar surface area (TPSA) is 47.6 Å². The molecule has 0 saturated carbocycles. The molecule has 2 atom stereocenters. The van der Waals surface area contributed by atoms with Gasteiger partial charge in [-0.2, -0.15) is 0 Å². The van der Waals surface area contributed by atoms with E-state index in [0.29, 0.717) is 19.1 Å². The first-order chi connectivity index (χ1) is 7.44. The van der Waals surface area contributed by atoms with E-state index in [1.54, 1.807) is 0 Å². The van der Waals surface area contributed by atoms with E-state index in [1.165, 1.54) is 0 Å². The van der Waals surface area contributed by atoms with Gasteiger partial charge in [-0.15, -0.1) is 0 Å². The summed E-state index contributed by atoms with van der Waals surface area (Å²) in [6.45, 7) is 8.57. The fraction of sp³-hybridized carbons (Fsp3) is 0.917. The lowest BCUT2D eigenvalue weighted by molar-refractivity contribution is -0.177. The van der Waals surface area contributed by atoms with Gasteiger partial charge in [0.05, 0.1) is 6.61 Å². The monoisotopic (exact) mass is 227 g/mol. The van der Waals surface area contributed by atoms with Gasteiger partial charge in [0.15, 0.2) is 0 Å². The molecule has 0 radical (unpaired) electrons. The van der Waals surface area contributed by atoms with E-state index in [9.17, 15) is 4.79 Å². The van der Waals surface area contributed by atoms with Gasteiger partial charge in [0.25, 0.3) is 0 Å². The first kappa shape index (κ1) is 11.9. The Bertz CT molecular complexity index is 284. The lowest BCUT2D eigenvalue weighted by Gasteiger charge is -2.37. The molecular weight excluding hydrogens is 206 g/mol. The molecule has 92 valence electrons. The van der Waals surface area contributed by atoms with Crippen molar-refractivity contribution in [1.29, 1.82) is 0 Å². The van der Waals surface area contributed by atoms with E-state index in [2.05, 4.69) is 5.32 Å². The van der Waals surface area contributed by atoms with Gasteiger partial charge < -0.3 is 14.8 Å². The lowest BCUT2D eigenvalue weighted by atomic mass is 9.75. The van der Waals surface area contributed by atoms with E-state index in [0.717, 1.165) is 19.6 Å². The van der Waals surface area contributed by atoms with Gasteiger partial charge in [0.2, 0.25) is 0 Å². The normalized spacial score (nSPS) is 34.6. The SMILES string of the molecule is CC(C)(C)OC(=O)[C@]12CNC[C@H]1CCOC2. The zero-order valence-electron chi connectivity index (χ0n) is 10.3. The van der Waals surface area contributed by atoms with Crippen LogP contribution in [0.2, 0.25) is 0 Å². The second-order valence-electron chi connectivity index (χ2n) is 5.83. The molecule has 0 spiro atoms. The second-order valence-corrected chi connectivity index (χ2v) is 5.83. The molecule has 2 fully saturated rings. The highest BCUT2D eigenvalue weighted by Crippen LogP contribution is 2.39. The predicted molar refractivity (Wildman–Crippen MR) is 60.1 cm³/mol. The molecule has 2 saturated heterocycles. The zero-order valence-corrected chi connectivity index (χ0v) is 10.3. The third kappa shape index (κ3) is 2.09. The quantitative estimate of drug-likeness (QED) is 0.678. The molecule has 2 rings (SSSR count). The van der Waals surface area contributed by atoms with E-state index >= 15 is 0 Å². The van der Waals surface area contributed by atoms with E-state index in [1.807, 2.05) is 20.8 Å². The summed E-state index contributed by atoms with van der Waals surface area (Å²) in [5.41, 5.74) is -0.859. The average Bonchev–Trinajstić information content (AvgIpc) is 2.59. The Labute approximate surface area is 96.7 Å². The molecule has 2 heterocycles. The number of fused-ring (bicyclic) bond motifs is 1. The molecule has 0 aromatic carbocycles. The molecule has 0 bridgehead atoms. The van der Waals surface area contributed by atoms with Gasteiger partial charge in [0, 0.05) is 13.2 Å². The Morgan fingerprint density at radius 3 is 2.94 bits per heavy atom. The second kappa shape index (κ2) is 4.00. The molecule has 0 unspecified atom stereocenters. The third-order valence-electron chi connectivity index (χ3n) is 3.39. The summed E-state index contributed by atoms with van der Waals surface area (Å²) in [5.74, 6) is 0.269. The molecule has 0 aromatic rings. The van der Waals surface area contributed by atoms with E-state index < -0.39 is 11.0 Å².